The van der Waals surface area contributed by atoms with Gasteiger partial charge in [0.15, 0.2) is 5.78 Å². The van der Waals surface area contributed by atoms with Gasteiger partial charge >= 0.3 is 5.97 Å². The summed E-state index contributed by atoms with van der Waals surface area (Å²) in [5.74, 6) is -1.09. The molecule has 0 saturated carbocycles. The number of benzene rings is 1. The Labute approximate surface area is 112 Å². The van der Waals surface area contributed by atoms with Crippen molar-refractivity contribution < 1.29 is 14.7 Å². The lowest BCUT2D eigenvalue weighted by Crippen LogP contribution is -2.32. The van der Waals surface area contributed by atoms with Gasteiger partial charge in [-0.2, -0.15) is 0 Å². The zero-order valence-electron chi connectivity index (χ0n) is 11.0. The second-order valence-electron chi connectivity index (χ2n) is 4.70. The molecule has 4 heteroatoms. The van der Waals surface area contributed by atoms with Crippen molar-refractivity contribution in [2.75, 3.05) is 0 Å². The molecular formula is C15H19NO3. The molecule has 3 N–H and O–H groups in total. The van der Waals surface area contributed by atoms with Crippen LogP contribution in [0.4, 0.5) is 0 Å². The molecule has 1 aromatic carbocycles. The van der Waals surface area contributed by atoms with E-state index in [4.69, 9.17) is 10.8 Å². The summed E-state index contributed by atoms with van der Waals surface area (Å²) >= 11 is 0. The van der Waals surface area contributed by atoms with Gasteiger partial charge in [-0.3, -0.25) is 9.59 Å². The molecule has 0 fully saturated rings. The van der Waals surface area contributed by atoms with Crippen LogP contribution in [0.3, 0.4) is 0 Å². The highest BCUT2D eigenvalue weighted by Crippen LogP contribution is 2.11. The number of rotatable bonds is 7. The molecule has 0 aliphatic carbocycles. The predicted molar refractivity (Wildman–Crippen MR) is 74.5 cm³/mol. The Morgan fingerprint density at radius 1 is 1.32 bits per heavy atom. The van der Waals surface area contributed by atoms with Crippen LogP contribution in [-0.4, -0.2) is 22.9 Å². The third-order valence-corrected chi connectivity index (χ3v) is 2.78. The molecule has 19 heavy (non-hydrogen) atoms. The van der Waals surface area contributed by atoms with Crippen molar-refractivity contribution in [3.63, 3.8) is 0 Å². The minimum absolute atomic E-state index is 0.0195. The Balaban J connectivity index is 2.43. The first-order valence-electron chi connectivity index (χ1n) is 6.23. The fourth-order valence-electron chi connectivity index (χ4n) is 1.78. The number of aliphatic carboxylic acids is 1. The van der Waals surface area contributed by atoms with Crippen molar-refractivity contribution >= 4 is 17.8 Å². The molecule has 4 nitrogen and oxygen atoms in total. The van der Waals surface area contributed by atoms with Gasteiger partial charge in [0.25, 0.3) is 0 Å². The third kappa shape index (κ3) is 5.97. The van der Waals surface area contributed by atoms with Gasteiger partial charge in [-0.15, -0.1) is 0 Å². The minimum atomic E-state index is -1.03. The maximum Gasteiger partial charge on any atom is 0.320 e. The summed E-state index contributed by atoms with van der Waals surface area (Å²) in [6, 6.07) is 8.63. The smallest absolute Gasteiger partial charge is 0.320 e. The SMILES string of the molecule is CC(CC(=O)C=Cc1ccccc1)C[C@H](N)C(=O)O. The summed E-state index contributed by atoms with van der Waals surface area (Å²) in [7, 11) is 0. The van der Waals surface area contributed by atoms with Crippen LogP contribution in [0, 0.1) is 5.92 Å². The van der Waals surface area contributed by atoms with Crippen LogP contribution in [0.25, 0.3) is 6.08 Å². The molecule has 0 radical (unpaired) electrons. The maximum atomic E-state index is 11.7. The molecule has 0 bridgehead atoms. The van der Waals surface area contributed by atoms with Gasteiger partial charge in [-0.05, 0) is 24.0 Å². The average molecular weight is 261 g/mol. The van der Waals surface area contributed by atoms with Crippen molar-refractivity contribution in [2.45, 2.75) is 25.8 Å². The Morgan fingerprint density at radius 2 is 1.95 bits per heavy atom. The summed E-state index contributed by atoms with van der Waals surface area (Å²) in [5, 5.41) is 8.69. The van der Waals surface area contributed by atoms with E-state index in [-0.39, 0.29) is 11.7 Å². The number of ketones is 1. The number of hydrogen-bond donors (Lipinski definition) is 2. The maximum absolute atomic E-state index is 11.7. The lowest BCUT2D eigenvalue weighted by molar-refractivity contribution is -0.139. The normalized spacial score (nSPS) is 14.2. The summed E-state index contributed by atoms with van der Waals surface area (Å²) in [5.41, 5.74) is 6.39. The molecule has 0 saturated heterocycles. The van der Waals surface area contributed by atoms with Crippen LogP contribution in [0.15, 0.2) is 36.4 Å². The van der Waals surface area contributed by atoms with Crippen LogP contribution < -0.4 is 5.73 Å². The zero-order valence-corrected chi connectivity index (χ0v) is 11.0. The first-order valence-corrected chi connectivity index (χ1v) is 6.23. The number of carboxylic acids is 1. The van der Waals surface area contributed by atoms with Crippen LogP contribution in [-0.2, 0) is 9.59 Å². The summed E-state index contributed by atoms with van der Waals surface area (Å²) in [6.07, 6.45) is 3.90. The summed E-state index contributed by atoms with van der Waals surface area (Å²) in [6.45, 7) is 1.83. The molecule has 102 valence electrons. The van der Waals surface area contributed by atoms with Crippen molar-refractivity contribution in [1.29, 1.82) is 0 Å². The van der Waals surface area contributed by atoms with Crippen LogP contribution in [0.2, 0.25) is 0 Å². The Hall–Kier alpha value is -1.94. The zero-order chi connectivity index (χ0) is 14.3. The Morgan fingerprint density at radius 3 is 2.53 bits per heavy atom. The Kier molecular flexibility index (Phi) is 5.96. The highest BCUT2D eigenvalue weighted by molar-refractivity contribution is 5.93. The molecule has 0 aliphatic rings. The topological polar surface area (TPSA) is 80.4 Å². The van der Waals surface area contributed by atoms with E-state index in [1.54, 1.807) is 6.08 Å². The van der Waals surface area contributed by atoms with Crippen LogP contribution in [0.5, 0.6) is 0 Å². The number of carbonyl (C=O) groups is 2. The highest BCUT2D eigenvalue weighted by Gasteiger charge is 2.16. The number of carboxylic acid groups (broad SMARTS) is 1. The molecule has 2 atom stereocenters. The van der Waals surface area contributed by atoms with Gasteiger partial charge in [0.1, 0.15) is 6.04 Å². The molecular weight excluding hydrogens is 242 g/mol. The van der Waals surface area contributed by atoms with Crippen LogP contribution >= 0.6 is 0 Å². The molecule has 0 aromatic heterocycles. The first kappa shape index (κ1) is 15.1. The molecule has 1 rings (SSSR count). The quantitative estimate of drug-likeness (QED) is 0.736. The average Bonchev–Trinajstić information content (AvgIpc) is 2.37. The van der Waals surface area contributed by atoms with E-state index in [1.165, 1.54) is 6.08 Å². The summed E-state index contributed by atoms with van der Waals surface area (Å²) < 4.78 is 0. The van der Waals surface area contributed by atoms with E-state index >= 15 is 0 Å². The fraction of sp³-hybridized carbons (Fsp3) is 0.333. The number of hydrogen-bond acceptors (Lipinski definition) is 3. The molecule has 0 spiro atoms. The minimum Gasteiger partial charge on any atom is -0.480 e. The number of nitrogens with two attached hydrogens (primary N) is 1. The summed E-state index contributed by atoms with van der Waals surface area (Å²) in [4.78, 5) is 22.3. The van der Waals surface area contributed by atoms with E-state index in [2.05, 4.69) is 0 Å². The Bertz CT molecular complexity index is 454. The van der Waals surface area contributed by atoms with Gasteiger partial charge in [-0.1, -0.05) is 43.3 Å². The highest BCUT2D eigenvalue weighted by atomic mass is 16.4. The molecule has 0 aliphatic heterocycles. The van der Waals surface area contributed by atoms with E-state index < -0.39 is 12.0 Å². The third-order valence-electron chi connectivity index (χ3n) is 2.78. The van der Waals surface area contributed by atoms with E-state index in [0.717, 1.165) is 5.56 Å². The molecule has 0 heterocycles. The largest absolute Gasteiger partial charge is 0.480 e. The van der Waals surface area contributed by atoms with Crippen molar-refractivity contribution in [2.24, 2.45) is 11.7 Å². The lowest BCUT2D eigenvalue weighted by Gasteiger charge is -2.12. The van der Waals surface area contributed by atoms with Crippen molar-refractivity contribution in [3.8, 4) is 0 Å². The van der Waals surface area contributed by atoms with Gasteiger partial charge in [0.05, 0.1) is 0 Å². The standard InChI is InChI=1S/C15H19NO3/c1-11(10-14(16)15(18)19)9-13(17)8-7-12-5-3-2-4-6-12/h2-8,11,14H,9-10,16H2,1H3,(H,18,19)/t11?,14-/m0/s1. The van der Waals surface area contributed by atoms with Gasteiger partial charge < -0.3 is 10.8 Å². The van der Waals surface area contributed by atoms with Gasteiger partial charge in [0.2, 0.25) is 0 Å². The van der Waals surface area contributed by atoms with E-state index in [0.29, 0.717) is 12.8 Å². The second kappa shape index (κ2) is 7.48. The van der Waals surface area contributed by atoms with Gasteiger partial charge in [-0.25, -0.2) is 0 Å². The van der Waals surface area contributed by atoms with Crippen LogP contribution in [0.1, 0.15) is 25.3 Å². The van der Waals surface area contributed by atoms with E-state index in [9.17, 15) is 9.59 Å². The monoisotopic (exact) mass is 261 g/mol. The predicted octanol–water partition coefficient (Wildman–Crippen LogP) is 2.10. The number of carbonyl (C=O) groups excluding carboxylic acids is 1. The van der Waals surface area contributed by atoms with Crippen molar-refractivity contribution in [1.82, 2.24) is 0 Å². The number of allylic oxidation sites excluding steroid dienone is 1. The molecule has 1 aromatic rings. The molecule has 0 amide bonds. The lowest BCUT2D eigenvalue weighted by atomic mass is 9.96. The fourth-order valence-corrected chi connectivity index (χ4v) is 1.78. The second-order valence-corrected chi connectivity index (χ2v) is 4.70. The van der Waals surface area contributed by atoms with Crippen molar-refractivity contribution in [3.05, 3.63) is 42.0 Å². The van der Waals surface area contributed by atoms with E-state index in [1.807, 2.05) is 37.3 Å². The first-order chi connectivity index (χ1) is 8.99. The molecule has 1 unspecified atom stereocenters. The van der Waals surface area contributed by atoms with Gasteiger partial charge in [0, 0.05) is 6.42 Å².